The number of aromatic nitrogens is 2. The lowest BCUT2D eigenvalue weighted by molar-refractivity contribution is 0.0526. The fourth-order valence-corrected chi connectivity index (χ4v) is 1.65. The van der Waals surface area contributed by atoms with Crippen molar-refractivity contribution in [3.05, 3.63) is 42.2 Å². The maximum absolute atomic E-state index is 11.6. The molecule has 1 amide bonds. The van der Waals surface area contributed by atoms with Gasteiger partial charge in [-0.3, -0.25) is 5.32 Å². The number of rotatable bonds is 4. The lowest BCUT2D eigenvalue weighted by Crippen LogP contribution is -2.10. The Labute approximate surface area is 121 Å². The highest BCUT2D eigenvalue weighted by molar-refractivity contribution is 5.89. The second-order valence-electron chi connectivity index (χ2n) is 4.06. The molecule has 0 unspecified atom stereocenters. The Morgan fingerprint density at radius 1 is 1.29 bits per heavy atom. The fourth-order valence-electron chi connectivity index (χ4n) is 1.65. The van der Waals surface area contributed by atoms with Crippen LogP contribution in [0.25, 0.3) is 5.69 Å². The van der Waals surface area contributed by atoms with E-state index in [1.807, 2.05) is 0 Å². The first-order valence-electron chi connectivity index (χ1n) is 6.31. The molecule has 1 N–H and O–H groups in total. The molecule has 2 rings (SSSR count). The van der Waals surface area contributed by atoms with Crippen LogP contribution in [0.15, 0.2) is 36.7 Å². The highest BCUT2D eigenvalue weighted by Crippen LogP contribution is 2.14. The lowest BCUT2D eigenvalue weighted by Gasteiger charge is -2.05. The molecule has 7 heteroatoms. The third-order valence-corrected chi connectivity index (χ3v) is 2.66. The van der Waals surface area contributed by atoms with Gasteiger partial charge in [0, 0.05) is 11.9 Å². The minimum atomic E-state index is -0.536. The normalized spacial score (nSPS) is 10.0. The van der Waals surface area contributed by atoms with Gasteiger partial charge in [-0.05, 0) is 31.2 Å². The van der Waals surface area contributed by atoms with Gasteiger partial charge in [-0.2, -0.15) is 5.10 Å². The van der Waals surface area contributed by atoms with Crippen LogP contribution in [-0.2, 0) is 9.47 Å². The van der Waals surface area contributed by atoms with Gasteiger partial charge in [-0.25, -0.2) is 14.3 Å². The molecule has 0 atom stereocenters. The summed E-state index contributed by atoms with van der Waals surface area (Å²) in [6, 6.07) is 6.93. The predicted octanol–water partition coefficient (Wildman–Crippen LogP) is 2.23. The molecule has 0 fully saturated rings. The van der Waals surface area contributed by atoms with Gasteiger partial charge in [0.1, 0.15) is 0 Å². The van der Waals surface area contributed by atoms with Crippen LogP contribution >= 0.6 is 0 Å². The van der Waals surface area contributed by atoms with Crippen molar-refractivity contribution >= 4 is 17.7 Å². The molecule has 7 nitrogen and oxygen atoms in total. The summed E-state index contributed by atoms with van der Waals surface area (Å²) in [5.41, 5.74) is 1.73. The molecule has 110 valence electrons. The Hall–Kier alpha value is -2.83. The van der Waals surface area contributed by atoms with E-state index in [0.717, 1.165) is 5.69 Å². The van der Waals surface area contributed by atoms with Crippen molar-refractivity contribution in [2.24, 2.45) is 0 Å². The zero-order valence-corrected chi connectivity index (χ0v) is 11.7. The predicted molar refractivity (Wildman–Crippen MR) is 75.5 cm³/mol. The Morgan fingerprint density at radius 3 is 2.62 bits per heavy atom. The largest absolute Gasteiger partial charge is 0.462 e. The van der Waals surface area contributed by atoms with E-state index < -0.39 is 12.1 Å². The van der Waals surface area contributed by atoms with Gasteiger partial charge < -0.3 is 9.47 Å². The van der Waals surface area contributed by atoms with Crippen LogP contribution in [0.1, 0.15) is 17.3 Å². The Balaban J connectivity index is 2.12. The average molecular weight is 289 g/mol. The van der Waals surface area contributed by atoms with Crippen molar-refractivity contribution in [3.63, 3.8) is 0 Å². The maximum Gasteiger partial charge on any atom is 0.411 e. The highest BCUT2D eigenvalue weighted by Gasteiger charge is 2.10. The molecular formula is C14H15N3O4. The van der Waals surface area contributed by atoms with Crippen molar-refractivity contribution in [2.45, 2.75) is 6.92 Å². The number of hydrogen-bond acceptors (Lipinski definition) is 5. The highest BCUT2D eigenvalue weighted by atomic mass is 16.5. The van der Waals surface area contributed by atoms with Gasteiger partial charge in [-0.1, -0.05) is 0 Å². The molecule has 1 aromatic carbocycles. The molecule has 0 aliphatic carbocycles. The number of amides is 1. The van der Waals surface area contributed by atoms with Gasteiger partial charge in [0.15, 0.2) is 0 Å². The average Bonchev–Trinajstić information content (AvgIpc) is 2.98. The summed E-state index contributed by atoms with van der Waals surface area (Å²) in [6.07, 6.45) is 2.49. The van der Waals surface area contributed by atoms with Crippen molar-refractivity contribution < 1.29 is 19.1 Å². The lowest BCUT2D eigenvalue weighted by atomic mass is 10.3. The Kier molecular flexibility index (Phi) is 4.55. The van der Waals surface area contributed by atoms with Crippen molar-refractivity contribution in [1.29, 1.82) is 0 Å². The molecule has 0 aliphatic rings. The Morgan fingerprint density at radius 2 is 2.00 bits per heavy atom. The second kappa shape index (κ2) is 6.56. The monoisotopic (exact) mass is 289 g/mol. The van der Waals surface area contributed by atoms with E-state index >= 15 is 0 Å². The van der Waals surface area contributed by atoms with Crippen LogP contribution in [0.3, 0.4) is 0 Å². The molecule has 2 aromatic rings. The minimum absolute atomic E-state index is 0.317. The first kappa shape index (κ1) is 14.6. The van der Waals surface area contributed by atoms with E-state index in [2.05, 4.69) is 15.2 Å². The van der Waals surface area contributed by atoms with Crippen LogP contribution in [0.2, 0.25) is 0 Å². The van der Waals surface area contributed by atoms with Gasteiger partial charge >= 0.3 is 12.1 Å². The molecule has 0 saturated heterocycles. The van der Waals surface area contributed by atoms with E-state index in [1.165, 1.54) is 13.3 Å². The molecule has 0 aliphatic heterocycles. The maximum atomic E-state index is 11.6. The fraction of sp³-hybridized carbons (Fsp3) is 0.214. The summed E-state index contributed by atoms with van der Waals surface area (Å²) in [5.74, 6) is -0.410. The second-order valence-corrected chi connectivity index (χ2v) is 4.06. The number of nitrogens with one attached hydrogen (secondary N) is 1. The summed E-state index contributed by atoms with van der Waals surface area (Å²) >= 11 is 0. The molecular weight excluding hydrogens is 274 g/mol. The molecule has 1 heterocycles. The van der Waals surface area contributed by atoms with Gasteiger partial charge in [0.05, 0.1) is 31.2 Å². The molecule has 1 aromatic heterocycles. The number of anilines is 1. The van der Waals surface area contributed by atoms with E-state index in [1.54, 1.807) is 42.1 Å². The summed E-state index contributed by atoms with van der Waals surface area (Å²) in [6.45, 7) is 2.06. The van der Waals surface area contributed by atoms with Crippen molar-refractivity contribution in [3.8, 4) is 5.69 Å². The topological polar surface area (TPSA) is 82.5 Å². The number of methoxy groups -OCH3 is 1. The van der Waals surface area contributed by atoms with E-state index in [0.29, 0.717) is 17.9 Å². The summed E-state index contributed by atoms with van der Waals surface area (Å²) in [5, 5.41) is 6.65. The third kappa shape index (κ3) is 3.59. The molecule has 0 bridgehead atoms. The van der Waals surface area contributed by atoms with Crippen LogP contribution in [0, 0.1) is 0 Å². The first-order valence-corrected chi connectivity index (χ1v) is 6.31. The van der Waals surface area contributed by atoms with Crippen LogP contribution in [0.4, 0.5) is 10.5 Å². The summed E-state index contributed by atoms with van der Waals surface area (Å²) < 4.78 is 11.0. The third-order valence-electron chi connectivity index (χ3n) is 2.66. The van der Waals surface area contributed by atoms with Crippen LogP contribution in [-0.4, -0.2) is 35.6 Å². The van der Waals surface area contributed by atoms with Crippen LogP contribution in [0.5, 0.6) is 0 Å². The standard InChI is InChI=1S/C14H15N3O4/c1-3-21-13(18)10-8-15-17(9-10)12-6-4-11(5-7-12)16-14(19)20-2/h4-9H,3H2,1-2H3,(H,16,19). The van der Waals surface area contributed by atoms with Gasteiger partial charge in [-0.15, -0.1) is 0 Å². The molecule has 0 radical (unpaired) electrons. The number of esters is 1. The minimum Gasteiger partial charge on any atom is -0.462 e. The molecule has 0 spiro atoms. The molecule has 21 heavy (non-hydrogen) atoms. The van der Waals surface area contributed by atoms with Crippen molar-refractivity contribution in [2.75, 3.05) is 19.0 Å². The summed E-state index contributed by atoms with van der Waals surface area (Å²) in [4.78, 5) is 22.6. The first-order chi connectivity index (χ1) is 10.1. The van der Waals surface area contributed by atoms with E-state index in [9.17, 15) is 9.59 Å². The number of nitrogens with zero attached hydrogens (tertiary/aromatic N) is 2. The van der Waals surface area contributed by atoms with Crippen LogP contribution < -0.4 is 5.32 Å². The number of hydrogen-bond donors (Lipinski definition) is 1. The van der Waals surface area contributed by atoms with E-state index in [-0.39, 0.29) is 0 Å². The number of carbonyl (C=O) groups is 2. The molecule has 0 saturated carbocycles. The van der Waals surface area contributed by atoms with E-state index in [4.69, 9.17) is 4.74 Å². The SMILES string of the molecule is CCOC(=O)c1cnn(-c2ccc(NC(=O)OC)cc2)c1. The summed E-state index contributed by atoms with van der Waals surface area (Å²) in [7, 11) is 1.30. The number of ether oxygens (including phenoxy) is 2. The zero-order valence-electron chi connectivity index (χ0n) is 11.7. The number of benzene rings is 1. The van der Waals surface area contributed by atoms with Gasteiger partial charge in [0.2, 0.25) is 0 Å². The zero-order chi connectivity index (χ0) is 15.2. The number of carbonyl (C=O) groups excluding carboxylic acids is 2. The Bertz CT molecular complexity index is 634. The van der Waals surface area contributed by atoms with Crippen molar-refractivity contribution in [1.82, 2.24) is 9.78 Å². The van der Waals surface area contributed by atoms with Gasteiger partial charge in [0.25, 0.3) is 0 Å². The quantitative estimate of drug-likeness (QED) is 0.873. The smallest absolute Gasteiger partial charge is 0.411 e.